The molecule has 2 aromatic rings. The number of rotatable bonds is 6. The fraction of sp³-hybridized carbons (Fsp3) is 0.278. The molecule has 1 heterocycles. The molecule has 0 fully saturated rings. The Morgan fingerprint density at radius 3 is 2.75 bits per heavy atom. The molecule has 1 aliphatic heterocycles. The maximum absolute atomic E-state index is 5.35. The van der Waals surface area contributed by atoms with Crippen molar-refractivity contribution in [3.8, 4) is 11.5 Å². The molecule has 126 valence electrons. The highest BCUT2D eigenvalue weighted by Gasteiger charge is 2.13. The van der Waals surface area contributed by atoms with Gasteiger partial charge in [-0.2, -0.15) is 11.8 Å². The molecule has 0 aromatic heterocycles. The number of anilines is 1. The van der Waals surface area contributed by atoms with Gasteiger partial charge in [0.05, 0.1) is 0 Å². The summed E-state index contributed by atoms with van der Waals surface area (Å²) >= 11 is 7.21. The van der Waals surface area contributed by atoms with Crippen LogP contribution in [0.2, 0.25) is 0 Å². The molecule has 0 atom stereocenters. The minimum absolute atomic E-state index is 0.277. The van der Waals surface area contributed by atoms with E-state index in [4.69, 9.17) is 21.7 Å². The number of fused-ring (bicyclic) bond motifs is 1. The van der Waals surface area contributed by atoms with E-state index in [2.05, 4.69) is 41.8 Å². The van der Waals surface area contributed by atoms with Crippen LogP contribution in [0.1, 0.15) is 11.1 Å². The van der Waals surface area contributed by atoms with E-state index in [1.54, 1.807) is 0 Å². The van der Waals surface area contributed by atoms with Gasteiger partial charge in [-0.3, -0.25) is 0 Å². The van der Waals surface area contributed by atoms with Crippen LogP contribution in [-0.2, 0) is 5.75 Å². The van der Waals surface area contributed by atoms with Gasteiger partial charge in [-0.05, 0) is 36.8 Å². The third-order valence-corrected chi connectivity index (χ3v) is 4.83. The van der Waals surface area contributed by atoms with Crippen LogP contribution in [0, 0.1) is 6.92 Å². The second kappa shape index (κ2) is 8.26. The first-order chi connectivity index (χ1) is 11.7. The first kappa shape index (κ1) is 16.9. The molecule has 0 saturated carbocycles. The molecule has 0 unspecified atom stereocenters. The predicted molar refractivity (Wildman–Crippen MR) is 104 cm³/mol. The summed E-state index contributed by atoms with van der Waals surface area (Å²) in [5.74, 6) is 3.53. The van der Waals surface area contributed by atoms with Gasteiger partial charge in [0.2, 0.25) is 6.79 Å². The molecule has 0 amide bonds. The molecule has 6 heteroatoms. The summed E-state index contributed by atoms with van der Waals surface area (Å²) in [7, 11) is 0. The summed E-state index contributed by atoms with van der Waals surface area (Å²) in [6.45, 7) is 3.21. The van der Waals surface area contributed by atoms with Crippen LogP contribution in [0.15, 0.2) is 42.5 Å². The van der Waals surface area contributed by atoms with E-state index in [-0.39, 0.29) is 6.79 Å². The van der Waals surface area contributed by atoms with Crippen LogP contribution in [0.3, 0.4) is 0 Å². The maximum atomic E-state index is 5.35. The van der Waals surface area contributed by atoms with Crippen LogP contribution in [0.4, 0.5) is 5.69 Å². The number of thioether (sulfide) groups is 1. The highest BCUT2D eigenvalue weighted by molar-refractivity contribution is 7.98. The molecule has 4 nitrogen and oxygen atoms in total. The third-order valence-electron chi connectivity index (χ3n) is 3.55. The Morgan fingerprint density at radius 2 is 1.92 bits per heavy atom. The van der Waals surface area contributed by atoms with E-state index in [0.29, 0.717) is 5.11 Å². The molecule has 0 aliphatic carbocycles. The third kappa shape index (κ3) is 4.79. The summed E-state index contributed by atoms with van der Waals surface area (Å²) in [6, 6.07) is 14.4. The van der Waals surface area contributed by atoms with Gasteiger partial charge in [-0.25, -0.2) is 0 Å². The van der Waals surface area contributed by atoms with Crippen LogP contribution < -0.4 is 20.1 Å². The van der Waals surface area contributed by atoms with Crippen molar-refractivity contribution in [3.05, 3.63) is 53.6 Å². The standard InChI is InChI=1S/C18H20N2O2S2/c1-13-2-4-14(5-3-13)11-24-9-8-19-18(23)20-15-6-7-16-17(10-15)22-12-21-16/h2-7,10H,8-9,11-12H2,1H3,(H2,19,20,23). The summed E-state index contributed by atoms with van der Waals surface area (Å²) in [5, 5.41) is 7.00. The monoisotopic (exact) mass is 360 g/mol. The Labute approximate surface area is 151 Å². The highest BCUT2D eigenvalue weighted by atomic mass is 32.2. The highest BCUT2D eigenvalue weighted by Crippen LogP contribution is 2.34. The molecule has 2 N–H and O–H groups in total. The van der Waals surface area contributed by atoms with Crippen LogP contribution in [0.25, 0.3) is 0 Å². The quantitative estimate of drug-likeness (QED) is 0.601. The smallest absolute Gasteiger partial charge is 0.231 e. The minimum atomic E-state index is 0.277. The van der Waals surface area contributed by atoms with Crippen molar-refractivity contribution in [1.29, 1.82) is 0 Å². The van der Waals surface area contributed by atoms with Gasteiger partial charge in [0, 0.05) is 29.8 Å². The molecule has 3 rings (SSSR count). The Hall–Kier alpha value is -1.92. The molecule has 1 aliphatic rings. The average Bonchev–Trinajstić information content (AvgIpc) is 3.04. The number of aryl methyl sites for hydroxylation is 1. The summed E-state index contributed by atoms with van der Waals surface area (Å²) in [6.07, 6.45) is 0. The second-order valence-electron chi connectivity index (χ2n) is 5.49. The predicted octanol–water partition coefficient (Wildman–Crippen LogP) is 3.94. The lowest BCUT2D eigenvalue weighted by molar-refractivity contribution is 0.174. The maximum Gasteiger partial charge on any atom is 0.231 e. The van der Waals surface area contributed by atoms with Gasteiger partial charge >= 0.3 is 0 Å². The van der Waals surface area contributed by atoms with E-state index < -0.39 is 0 Å². The van der Waals surface area contributed by atoms with E-state index in [0.717, 1.165) is 35.2 Å². The lowest BCUT2D eigenvalue weighted by Gasteiger charge is -2.11. The fourth-order valence-corrected chi connectivity index (χ4v) is 3.30. The Kier molecular flexibility index (Phi) is 5.82. The van der Waals surface area contributed by atoms with Crippen molar-refractivity contribution in [2.24, 2.45) is 0 Å². The number of hydrogen-bond donors (Lipinski definition) is 2. The molecule has 0 spiro atoms. The fourth-order valence-electron chi connectivity index (χ4n) is 2.26. The number of thiocarbonyl (C=S) groups is 1. The Morgan fingerprint density at radius 1 is 1.12 bits per heavy atom. The lowest BCUT2D eigenvalue weighted by Crippen LogP contribution is -2.30. The zero-order valence-electron chi connectivity index (χ0n) is 13.5. The first-order valence-electron chi connectivity index (χ1n) is 7.78. The molecule has 24 heavy (non-hydrogen) atoms. The van der Waals surface area contributed by atoms with Gasteiger partial charge in [-0.1, -0.05) is 29.8 Å². The molecular weight excluding hydrogens is 340 g/mol. The number of nitrogens with one attached hydrogen (secondary N) is 2. The molecule has 0 bridgehead atoms. The van der Waals surface area contributed by atoms with E-state index >= 15 is 0 Å². The van der Waals surface area contributed by atoms with Gasteiger partial charge in [0.25, 0.3) is 0 Å². The Balaban J connectivity index is 1.34. The molecular formula is C18H20N2O2S2. The summed E-state index contributed by atoms with van der Waals surface area (Å²) < 4.78 is 10.6. The second-order valence-corrected chi connectivity index (χ2v) is 7.00. The number of hydrogen-bond acceptors (Lipinski definition) is 4. The molecule has 2 aromatic carbocycles. The van der Waals surface area contributed by atoms with Crippen molar-refractivity contribution in [2.75, 3.05) is 24.4 Å². The molecule has 0 saturated heterocycles. The van der Waals surface area contributed by atoms with E-state index in [9.17, 15) is 0 Å². The SMILES string of the molecule is Cc1ccc(CSCCNC(=S)Nc2ccc3c(c2)OCO3)cc1. The van der Waals surface area contributed by atoms with Crippen LogP contribution in [0.5, 0.6) is 11.5 Å². The van der Waals surface area contributed by atoms with E-state index in [1.807, 2.05) is 30.0 Å². The van der Waals surface area contributed by atoms with E-state index in [1.165, 1.54) is 11.1 Å². The van der Waals surface area contributed by atoms with Crippen molar-refractivity contribution < 1.29 is 9.47 Å². The number of ether oxygens (including phenoxy) is 2. The zero-order valence-corrected chi connectivity index (χ0v) is 15.1. The van der Waals surface area contributed by atoms with Crippen molar-refractivity contribution in [2.45, 2.75) is 12.7 Å². The van der Waals surface area contributed by atoms with Gasteiger partial charge in [0.15, 0.2) is 16.6 Å². The number of benzene rings is 2. The normalized spacial score (nSPS) is 12.0. The average molecular weight is 361 g/mol. The van der Waals surface area contributed by atoms with Gasteiger partial charge < -0.3 is 20.1 Å². The van der Waals surface area contributed by atoms with Gasteiger partial charge in [0.1, 0.15) is 0 Å². The summed E-state index contributed by atoms with van der Waals surface area (Å²) in [4.78, 5) is 0. The van der Waals surface area contributed by atoms with Crippen molar-refractivity contribution in [1.82, 2.24) is 5.32 Å². The minimum Gasteiger partial charge on any atom is -0.454 e. The van der Waals surface area contributed by atoms with Crippen LogP contribution in [-0.4, -0.2) is 24.2 Å². The van der Waals surface area contributed by atoms with Gasteiger partial charge in [-0.15, -0.1) is 0 Å². The largest absolute Gasteiger partial charge is 0.454 e. The lowest BCUT2D eigenvalue weighted by atomic mass is 10.2. The first-order valence-corrected chi connectivity index (χ1v) is 9.35. The van der Waals surface area contributed by atoms with Crippen molar-refractivity contribution in [3.63, 3.8) is 0 Å². The zero-order chi connectivity index (χ0) is 16.8. The van der Waals surface area contributed by atoms with Crippen molar-refractivity contribution >= 4 is 34.8 Å². The topological polar surface area (TPSA) is 42.5 Å². The summed E-state index contributed by atoms with van der Waals surface area (Å²) in [5.41, 5.74) is 3.54. The molecule has 0 radical (unpaired) electrons. The van der Waals surface area contributed by atoms with Crippen LogP contribution >= 0.6 is 24.0 Å². The Bertz CT molecular complexity index is 705.